The number of carbonyl (C=O) groups is 1. The van der Waals surface area contributed by atoms with Crippen LogP contribution in [0.25, 0.3) is 0 Å². The van der Waals surface area contributed by atoms with Crippen molar-refractivity contribution >= 4 is 23.2 Å². The Bertz CT molecular complexity index is 491. The van der Waals surface area contributed by atoms with Gasteiger partial charge in [-0.1, -0.05) is 17.7 Å². The van der Waals surface area contributed by atoms with Crippen LogP contribution in [0, 0.1) is 13.8 Å². The number of benzene rings is 1. The Morgan fingerprint density at radius 1 is 1.35 bits per heavy atom. The molecule has 1 rings (SSSR count). The summed E-state index contributed by atoms with van der Waals surface area (Å²) in [6.07, 6.45) is 0. The number of ether oxygens (including phenoxy) is 1. The van der Waals surface area contributed by atoms with Gasteiger partial charge in [-0.05, 0) is 44.6 Å². The summed E-state index contributed by atoms with van der Waals surface area (Å²) >= 11 is 5.08. The molecule has 20 heavy (non-hydrogen) atoms. The van der Waals surface area contributed by atoms with E-state index >= 15 is 0 Å². The molecule has 0 radical (unpaired) electrons. The van der Waals surface area contributed by atoms with Crippen LogP contribution in [-0.4, -0.2) is 30.8 Å². The molecule has 0 saturated carbocycles. The maximum atomic E-state index is 12.0. The zero-order chi connectivity index (χ0) is 15.1. The third-order valence-corrected chi connectivity index (χ3v) is 2.94. The van der Waals surface area contributed by atoms with Crippen LogP contribution in [-0.2, 0) is 4.74 Å². The van der Waals surface area contributed by atoms with Crippen molar-refractivity contribution in [2.24, 2.45) is 0 Å². The standard InChI is InChI=1S/C14H21N3O2S/c1-9-5-6-10(2)12(7-9)13(18)16-17-14(20)15-11(3)8-19-4/h5-7,11H,8H2,1-4H3,(H,16,18)(H2,15,17,20)/t11-/m0/s1. The number of hydrogen-bond donors (Lipinski definition) is 3. The molecule has 0 bridgehead atoms. The van der Waals surface area contributed by atoms with Crippen molar-refractivity contribution in [3.63, 3.8) is 0 Å². The Kier molecular flexibility index (Phi) is 6.41. The van der Waals surface area contributed by atoms with E-state index in [-0.39, 0.29) is 11.9 Å². The second-order valence-electron chi connectivity index (χ2n) is 4.73. The van der Waals surface area contributed by atoms with Crippen LogP contribution in [0.4, 0.5) is 0 Å². The van der Waals surface area contributed by atoms with E-state index in [0.717, 1.165) is 11.1 Å². The SMILES string of the molecule is COC[C@H](C)NC(=S)NNC(=O)c1cc(C)ccc1C. The number of rotatable bonds is 4. The van der Waals surface area contributed by atoms with Crippen LogP contribution in [0.3, 0.4) is 0 Å². The summed E-state index contributed by atoms with van der Waals surface area (Å²) in [6.45, 7) is 6.31. The topological polar surface area (TPSA) is 62.4 Å². The van der Waals surface area contributed by atoms with Gasteiger partial charge >= 0.3 is 0 Å². The van der Waals surface area contributed by atoms with E-state index in [9.17, 15) is 4.79 Å². The minimum absolute atomic E-state index is 0.0672. The van der Waals surface area contributed by atoms with Gasteiger partial charge in [0.25, 0.3) is 5.91 Å². The lowest BCUT2D eigenvalue weighted by atomic mass is 10.1. The van der Waals surface area contributed by atoms with E-state index in [0.29, 0.717) is 17.3 Å². The van der Waals surface area contributed by atoms with Crippen molar-refractivity contribution in [2.45, 2.75) is 26.8 Å². The Morgan fingerprint density at radius 3 is 2.70 bits per heavy atom. The van der Waals surface area contributed by atoms with Gasteiger partial charge in [0.15, 0.2) is 5.11 Å². The molecule has 0 spiro atoms. The van der Waals surface area contributed by atoms with Crippen molar-refractivity contribution in [3.8, 4) is 0 Å². The molecule has 1 aromatic rings. The molecule has 0 unspecified atom stereocenters. The summed E-state index contributed by atoms with van der Waals surface area (Å²) in [4.78, 5) is 12.0. The number of hydrazine groups is 1. The molecule has 0 aromatic heterocycles. The number of hydrogen-bond acceptors (Lipinski definition) is 3. The van der Waals surface area contributed by atoms with Crippen molar-refractivity contribution in [1.29, 1.82) is 0 Å². The maximum Gasteiger partial charge on any atom is 0.269 e. The summed E-state index contributed by atoms with van der Waals surface area (Å²) in [7, 11) is 1.62. The van der Waals surface area contributed by atoms with Crippen molar-refractivity contribution in [2.75, 3.05) is 13.7 Å². The smallest absolute Gasteiger partial charge is 0.269 e. The van der Waals surface area contributed by atoms with Gasteiger partial charge < -0.3 is 10.1 Å². The van der Waals surface area contributed by atoms with Crippen molar-refractivity contribution in [1.82, 2.24) is 16.2 Å². The summed E-state index contributed by atoms with van der Waals surface area (Å²) < 4.78 is 4.99. The number of amides is 1. The normalized spacial score (nSPS) is 11.6. The van der Waals surface area contributed by atoms with Gasteiger partial charge in [0.05, 0.1) is 6.61 Å². The summed E-state index contributed by atoms with van der Waals surface area (Å²) in [5.41, 5.74) is 7.85. The average Bonchev–Trinajstić information content (AvgIpc) is 2.39. The van der Waals surface area contributed by atoms with Crippen LogP contribution in [0.15, 0.2) is 18.2 Å². The lowest BCUT2D eigenvalue weighted by Gasteiger charge is -2.17. The highest BCUT2D eigenvalue weighted by Crippen LogP contribution is 2.09. The van der Waals surface area contributed by atoms with E-state index < -0.39 is 0 Å². The molecular weight excluding hydrogens is 274 g/mol. The van der Waals surface area contributed by atoms with E-state index in [4.69, 9.17) is 17.0 Å². The van der Waals surface area contributed by atoms with Crippen LogP contribution in [0.1, 0.15) is 28.4 Å². The van der Waals surface area contributed by atoms with Crippen LogP contribution >= 0.6 is 12.2 Å². The fourth-order valence-electron chi connectivity index (χ4n) is 1.71. The fourth-order valence-corrected chi connectivity index (χ4v) is 1.97. The monoisotopic (exact) mass is 295 g/mol. The molecule has 3 N–H and O–H groups in total. The molecule has 5 nitrogen and oxygen atoms in total. The molecule has 6 heteroatoms. The zero-order valence-electron chi connectivity index (χ0n) is 12.2. The lowest BCUT2D eigenvalue weighted by Crippen LogP contribution is -2.50. The number of carbonyl (C=O) groups excluding carboxylic acids is 1. The van der Waals surface area contributed by atoms with Crippen LogP contribution in [0.2, 0.25) is 0 Å². The first-order chi connectivity index (χ1) is 9.43. The molecule has 1 amide bonds. The molecule has 0 aliphatic rings. The predicted molar refractivity (Wildman–Crippen MR) is 83.6 cm³/mol. The van der Waals surface area contributed by atoms with Gasteiger partial charge in [-0.2, -0.15) is 0 Å². The number of thiocarbonyl (C=S) groups is 1. The summed E-state index contributed by atoms with van der Waals surface area (Å²) in [5, 5.41) is 3.35. The first kappa shape index (κ1) is 16.4. The molecule has 0 aliphatic heterocycles. The minimum atomic E-state index is -0.213. The van der Waals surface area contributed by atoms with Gasteiger partial charge in [-0.15, -0.1) is 0 Å². The minimum Gasteiger partial charge on any atom is -0.383 e. The zero-order valence-corrected chi connectivity index (χ0v) is 13.1. The maximum absolute atomic E-state index is 12.0. The lowest BCUT2D eigenvalue weighted by molar-refractivity contribution is 0.0942. The van der Waals surface area contributed by atoms with Gasteiger partial charge in [0.1, 0.15) is 0 Å². The van der Waals surface area contributed by atoms with Crippen LogP contribution in [0.5, 0.6) is 0 Å². The average molecular weight is 295 g/mol. The second kappa shape index (κ2) is 7.81. The summed E-state index contributed by atoms with van der Waals surface area (Å²) in [5.74, 6) is -0.213. The Hall–Kier alpha value is -1.66. The third kappa shape index (κ3) is 5.14. The van der Waals surface area contributed by atoms with Gasteiger partial charge in [-0.3, -0.25) is 15.6 Å². The molecule has 1 aromatic carbocycles. The quantitative estimate of drug-likeness (QED) is 0.580. The number of methoxy groups -OCH3 is 1. The van der Waals surface area contributed by atoms with E-state index in [1.165, 1.54) is 0 Å². The molecule has 0 aliphatic carbocycles. The van der Waals surface area contributed by atoms with Crippen molar-refractivity contribution in [3.05, 3.63) is 34.9 Å². The molecular formula is C14H21N3O2S. The second-order valence-corrected chi connectivity index (χ2v) is 5.14. The predicted octanol–water partition coefficient (Wildman–Crippen LogP) is 1.45. The molecule has 0 saturated heterocycles. The molecule has 0 fully saturated rings. The van der Waals surface area contributed by atoms with Gasteiger partial charge in [-0.25, -0.2) is 0 Å². The van der Waals surface area contributed by atoms with E-state index in [1.807, 2.05) is 39.0 Å². The van der Waals surface area contributed by atoms with Gasteiger partial charge in [0.2, 0.25) is 0 Å². The molecule has 1 atom stereocenters. The van der Waals surface area contributed by atoms with Crippen molar-refractivity contribution < 1.29 is 9.53 Å². The number of nitrogens with one attached hydrogen (secondary N) is 3. The highest BCUT2D eigenvalue weighted by molar-refractivity contribution is 7.80. The Morgan fingerprint density at radius 2 is 2.05 bits per heavy atom. The van der Waals surface area contributed by atoms with Gasteiger partial charge in [0, 0.05) is 18.7 Å². The van der Waals surface area contributed by atoms with Crippen LogP contribution < -0.4 is 16.2 Å². The molecule has 0 heterocycles. The fraction of sp³-hybridized carbons (Fsp3) is 0.429. The Balaban J connectivity index is 2.51. The Labute approximate surface area is 125 Å². The largest absolute Gasteiger partial charge is 0.383 e. The molecule has 110 valence electrons. The summed E-state index contributed by atoms with van der Waals surface area (Å²) in [6, 6.07) is 5.80. The first-order valence-electron chi connectivity index (χ1n) is 6.37. The first-order valence-corrected chi connectivity index (χ1v) is 6.78. The van der Waals surface area contributed by atoms with E-state index in [1.54, 1.807) is 7.11 Å². The highest BCUT2D eigenvalue weighted by Gasteiger charge is 2.10. The number of aryl methyl sites for hydroxylation is 2. The third-order valence-electron chi connectivity index (χ3n) is 2.72. The van der Waals surface area contributed by atoms with E-state index in [2.05, 4.69) is 16.2 Å². The highest BCUT2D eigenvalue weighted by atomic mass is 32.1.